The molecule has 0 radical (unpaired) electrons. The van der Waals surface area contributed by atoms with E-state index in [1.54, 1.807) is 7.11 Å². The van der Waals surface area contributed by atoms with E-state index in [2.05, 4.69) is 13.8 Å². The number of ether oxygens (including phenoxy) is 3. The molecule has 3 nitrogen and oxygen atoms in total. The Morgan fingerprint density at radius 3 is 2.31 bits per heavy atom. The van der Waals surface area contributed by atoms with Gasteiger partial charge in [-0.25, -0.2) is 0 Å². The highest BCUT2D eigenvalue weighted by Crippen LogP contribution is 2.02. The van der Waals surface area contributed by atoms with E-state index >= 15 is 0 Å². The van der Waals surface area contributed by atoms with Gasteiger partial charge in [0.25, 0.3) is 0 Å². The molecule has 3 heteroatoms. The van der Waals surface area contributed by atoms with Crippen molar-refractivity contribution in [3.05, 3.63) is 0 Å². The van der Waals surface area contributed by atoms with Gasteiger partial charge in [0.1, 0.15) is 6.79 Å². The van der Waals surface area contributed by atoms with Gasteiger partial charge in [-0.1, -0.05) is 13.8 Å². The third-order valence-corrected chi connectivity index (χ3v) is 1.67. The molecule has 0 aromatic carbocycles. The summed E-state index contributed by atoms with van der Waals surface area (Å²) < 4.78 is 15.2. The van der Waals surface area contributed by atoms with Crippen LogP contribution in [0.2, 0.25) is 0 Å². The number of hydrogen-bond acceptors (Lipinski definition) is 3. The molecule has 0 fully saturated rings. The van der Waals surface area contributed by atoms with Crippen molar-refractivity contribution in [3.8, 4) is 0 Å². The molecule has 0 saturated heterocycles. The highest BCUT2D eigenvalue weighted by atomic mass is 16.7. The van der Waals surface area contributed by atoms with Crippen molar-refractivity contribution in [3.63, 3.8) is 0 Å². The van der Waals surface area contributed by atoms with E-state index in [4.69, 9.17) is 14.2 Å². The highest BCUT2D eigenvalue weighted by Gasteiger charge is 1.93. The second-order valence-electron chi connectivity index (χ2n) is 3.46. The maximum Gasteiger partial charge on any atom is 0.146 e. The SMILES string of the molecule is COCCOCOCCCC(C)C. The largest absolute Gasteiger partial charge is 0.382 e. The first-order valence-electron chi connectivity index (χ1n) is 4.91. The maximum absolute atomic E-state index is 5.25. The van der Waals surface area contributed by atoms with Gasteiger partial charge in [-0.05, 0) is 18.8 Å². The number of hydrogen-bond donors (Lipinski definition) is 0. The summed E-state index contributed by atoms with van der Waals surface area (Å²) in [5.41, 5.74) is 0. The summed E-state index contributed by atoms with van der Waals surface area (Å²) in [7, 11) is 1.66. The van der Waals surface area contributed by atoms with Crippen molar-refractivity contribution < 1.29 is 14.2 Å². The summed E-state index contributed by atoms with van der Waals surface area (Å²) in [5.74, 6) is 0.762. The second-order valence-corrected chi connectivity index (χ2v) is 3.46. The third-order valence-electron chi connectivity index (χ3n) is 1.67. The molecule has 0 aromatic heterocycles. The van der Waals surface area contributed by atoms with Gasteiger partial charge in [-0.3, -0.25) is 0 Å². The van der Waals surface area contributed by atoms with E-state index in [0.717, 1.165) is 18.9 Å². The molecule has 0 spiro atoms. The van der Waals surface area contributed by atoms with E-state index in [1.807, 2.05) is 0 Å². The van der Waals surface area contributed by atoms with E-state index < -0.39 is 0 Å². The smallest absolute Gasteiger partial charge is 0.146 e. The predicted octanol–water partition coefficient (Wildman–Crippen LogP) is 2.06. The zero-order valence-electron chi connectivity index (χ0n) is 9.04. The van der Waals surface area contributed by atoms with Crippen molar-refractivity contribution in [2.75, 3.05) is 33.7 Å². The van der Waals surface area contributed by atoms with Crippen LogP contribution in [0.1, 0.15) is 26.7 Å². The first-order valence-corrected chi connectivity index (χ1v) is 4.91. The molecule has 0 unspecified atom stereocenters. The predicted molar refractivity (Wildman–Crippen MR) is 52.7 cm³/mol. The Bertz CT molecular complexity index is 94.2. The Hall–Kier alpha value is -0.120. The van der Waals surface area contributed by atoms with E-state index in [1.165, 1.54) is 6.42 Å². The fraction of sp³-hybridized carbons (Fsp3) is 1.00. The van der Waals surface area contributed by atoms with Crippen LogP contribution in [-0.2, 0) is 14.2 Å². The Morgan fingerprint density at radius 1 is 1.00 bits per heavy atom. The molecular formula is C10H22O3. The van der Waals surface area contributed by atoms with Crippen LogP contribution in [0.4, 0.5) is 0 Å². The van der Waals surface area contributed by atoms with E-state index in [9.17, 15) is 0 Å². The Labute approximate surface area is 81.4 Å². The van der Waals surface area contributed by atoms with Gasteiger partial charge in [0.15, 0.2) is 0 Å². The lowest BCUT2D eigenvalue weighted by molar-refractivity contribution is -0.0667. The van der Waals surface area contributed by atoms with Crippen LogP contribution in [-0.4, -0.2) is 33.7 Å². The van der Waals surface area contributed by atoms with Crippen LogP contribution in [0.15, 0.2) is 0 Å². The zero-order chi connectivity index (χ0) is 9.94. The van der Waals surface area contributed by atoms with E-state index in [0.29, 0.717) is 20.0 Å². The minimum absolute atomic E-state index is 0.390. The first kappa shape index (κ1) is 12.9. The lowest BCUT2D eigenvalue weighted by atomic mass is 10.1. The molecule has 0 aliphatic rings. The average Bonchev–Trinajstić information content (AvgIpc) is 2.09. The van der Waals surface area contributed by atoms with Crippen LogP contribution in [0.5, 0.6) is 0 Å². The van der Waals surface area contributed by atoms with Gasteiger partial charge in [0.2, 0.25) is 0 Å². The monoisotopic (exact) mass is 190 g/mol. The van der Waals surface area contributed by atoms with Gasteiger partial charge >= 0.3 is 0 Å². The molecule has 0 aliphatic carbocycles. The normalized spacial score (nSPS) is 11.1. The molecule has 0 saturated carbocycles. The minimum Gasteiger partial charge on any atom is -0.382 e. The molecule has 0 N–H and O–H groups in total. The van der Waals surface area contributed by atoms with Crippen LogP contribution < -0.4 is 0 Å². The number of rotatable bonds is 9. The van der Waals surface area contributed by atoms with Crippen LogP contribution in [0.25, 0.3) is 0 Å². The fourth-order valence-electron chi connectivity index (χ4n) is 0.913. The quantitative estimate of drug-likeness (QED) is 0.411. The number of methoxy groups -OCH3 is 1. The average molecular weight is 190 g/mol. The van der Waals surface area contributed by atoms with Crippen LogP contribution in [0.3, 0.4) is 0 Å². The molecule has 0 heterocycles. The van der Waals surface area contributed by atoms with Crippen molar-refractivity contribution >= 4 is 0 Å². The molecule has 0 aromatic rings. The fourth-order valence-corrected chi connectivity index (χ4v) is 0.913. The summed E-state index contributed by atoms with van der Waals surface area (Å²) >= 11 is 0. The first-order chi connectivity index (χ1) is 6.27. The Balaban J connectivity index is 2.84. The van der Waals surface area contributed by atoms with Gasteiger partial charge < -0.3 is 14.2 Å². The van der Waals surface area contributed by atoms with E-state index in [-0.39, 0.29) is 0 Å². The van der Waals surface area contributed by atoms with Crippen molar-refractivity contribution in [1.82, 2.24) is 0 Å². The summed E-state index contributed by atoms with van der Waals surface area (Å²) in [6.07, 6.45) is 2.34. The van der Waals surface area contributed by atoms with Crippen LogP contribution in [0, 0.1) is 5.92 Å². The Kier molecular flexibility index (Phi) is 9.87. The van der Waals surface area contributed by atoms with Crippen molar-refractivity contribution in [2.24, 2.45) is 5.92 Å². The summed E-state index contributed by atoms with van der Waals surface area (Å²) in [6.45, 7) is 6.87. The van der Waals surface area contributed by atoms with Crippen LogP contribution >= 0.6 is 0 Å². The van der Waals surface area contributed by atoms with Crippen molar-refractivity contribution in [2.45, 2.75) is 26.7 Å². The summed E-state index contributed by atoms with van der Waals surface area (Å²) in [4.78, 5) is 0. The lowest BCUT2D eigenvalue weighted by Crippen LogP contribution is -2.06. The molecule has 0 atom stereocenters. The molecule has 0 aliphatic heterocycles. The molecule has 13 heavy (non-hydrogen) atoms. The van der Waals surface area contributed by atoms with Crippen molar-refractivity contribution in [1.29, 1.82) is 0 Å². The van der Waals surface area contributed by atoms with Gasteiger partial charge in [-0.2, -0.15) is 0 Å². The third kappa shape index (κ3) is 11.9. The molecule has 80 valence electrons. The summed E-state index contributed by atoms with van der Waals surface area (Å²) in [6, 6.07) is 0. The minimum atomic E-state index is 0.390. The Morgan fingerprint density at radius 2 is 1.69 bits per heavy atom. The zero-order valence-corrected chi connectivity index (χ0v) is 9.04. The lowest BCUT2D eigenvalue weighted by Gasteiger charge is -2.06. The maximum atomic E-state index is 5.25. The molecule has 0 bridgehead atoms. The molecular weight excluding hydrogens is 168 g/mol. The molecule has 0 amide bonds. The molecule has 0 rings (SSSR count). The standard InChI is InChI=1S/C10H22O3/c1-10(2)5-4-6-12-9-13-8-7-11-3/h10H,4-9H2,1-3H3. The highest BCUT2D eigenvalue weighted by molar-refractivity contribution is 4.43. The summed E-state index contributed by atoms with van der Waals surface area (Å²) in [5, 5.41) is 0. The van der Waals surface area contributed by atoms with Gasteiger partial charge in [0, 0.05) is 13.7 Å². The van der Waals surface area contributed by atoms with Gasteiger partial charge in [0.05, 0.1) is 13.2 Å². The topological polar surface area (TPSA) is 27.7 Å². The second kappa shape index (κ2) is 9.96. The van der Waals surface area contributed by atoms with Gasteiger partial charge in [-0.15, -0.1) is 0 Å².